The number of carbonyl (C=O) groups excluding carboxylic acids is 2. The monoisotopic (exact) mass is 491 g/mol. The van der Waals surface area contributed by atoms with Crippen LogP contribution >= 0.6 is 11.6 Å². The van der Waals surface area contributed by atoms with Gasteiger partial charge in [0.15, 0.2) is 11.6 Å². The topological polar surface area (TPSA) is 95.1 Å². The molecule has 3 amide bonds. The zero-order chi connectivity index (χ0) is 25.1. The van der Waals surface area contributed by atoms with E-state index in [2.05, 4.69) is 20.9 Å². The number of benzene rings is 2. The predicted molar refractivity (Wildman–Crippen MR) is 132 cm³/mol. The Morgan fingerprint density at radius 1 is 1.15 bits per heavy atom. The zero-order valence-corrected chi connectivity index (χ0v) is 20.6. The summed E-state index contributed by atoms with van der Waals surface area (Å²) in [6, 6.07) is 11.1. The molecular weight excluding hydrogens is 461 g/mol. The number of urea groups is 1. The number of halogens is 2. The van der Waals surface area contributed by atoms with Gasteiger partial charge >= 0.3 is 6.03 Å². The number of aliphatic imine (C=N–C) groups is 1. The first kappa shape index (κ1) is 26.9. The molecule has 0 radical (unpaired) electrons. The van der Waals surface area contributed by atoms with E-state index in [-0.39, 0.29) is 23.7 Å². The lowest BCUT2D eigenvalue weighted by molar-refractivity contribution is -0.127. The van der Waals surface area contributed by atoms with Crippen LogP contribution in [0, 0.1) is 5.82 Å². The molecule has 34 heavy (non-hydrogen) atoms. The summed E-state index contributed by atoms with van der Waals surface area (Å²) >= 11 is 5.93. The molecule has 0 aliphatic heterocycles. The van der Waals surface area contributed by atoms with E-state index < -0.39 is 11.8 Å². The average Bonchev–Trinajstić information content (AvgIpc) is 2.77. The Balaban J connectivity index is 2.07. The van der Waals surface area contributed by atoms with Crippen LogP contribution in [-0.4, -0.2) is 49.0 Å². The van der Waals surface area contributed by atoms with E-state index in [1.165, 1.54) is 19.1 Å². The maximum Gasteiger partial charge on any atom is 0.321 e. The molecule has 2 aromatic rings. The minimum Gasteiger partial charge on any atom is -0.488 e. The normalized spacial score (nSPS) is 11.2. The van der Waals surface area contributed by atoms with E-state index in [1.807, 2.05) is 26.0 Å². The summed E-state index contributed by atoms with van der Waals surface area (Å²) in [6.45, 7) is 6.35. The van der Waals surface area contributed by atoms with Crippen LogP contribution < -0.4 is 20.7 Å². The van der Waals surface area contributed by atoms with Crippen molar-refractivity contribution in [3.63, 3.8) is 0 Å². The minimum absolute atomic E-state index is 0.0395. The second-order valence-corrected chi connectivity index (χ2v) is 8.33. The molecule has 2 rings (SSSR count). The number of ether oxygens (including phenoxy) is 1. The summed E-state index contributed by atoms with van der Waals surface area (Å²) in [4.78, 5) is 29.6. The van der Waals surface area contributed by atoms with Crippen molar-refractivity contribution in [2.45, 2.75) is 39.8 Å². The second kappa shape index (κ2) is 13.4. The Morgan fingerprint density at radius 3 is 2.47 bits per heavy atom. The van der Waals surface area contributed by atoms with Crippen molar-refractivity contribution in [2.75, 3.05) is 20.1 Å². The lowest BCUT2D eigenvalue weighted by Crippen LogP contribution is -2.46. The zero-order valence-electron chi connectivity index (χ0n) is 19.8. The molecule has 0 saturated heterocycles. The molecule has 2 aromatic carbocycles. The number of carbonyl (C=O) groups is 2. The molecule has 0 bridgehead atoms. The van der Waals surface area contributed by atoms with Gasteiger partial charge in [-0.2, -0.15) is 0 Å². The predicted octanol–water partition coefficient (Wildman–Crippen LogP) is 4.21. The third kappa shape index (κ3) is 9.66. The summed E-state index contributed by atoms with van der Waals surface area (Å²) in [6.07, 6.45) is 0.428. The van der Waals surface area contributed by atoms with E-state index in [9.17, 15) is 14.0 Å². The van der Waals surface area contributed by atoms with E-state index in [0.29, 0.717) is 36.8 Å². The van der Waals surface area contributed by atoms with Gasteiger partial charge in [0.05, 0.1) is 11.8 Å². The van der Waals surface area contributed by atoms with Crippen molar-refractivity contribution in [2.24, 2.45) is 4.99 Å². The van der Waals surface area contributed by atoms with Gasteiger partial charge in [0.25, 0.3) is 0 Å². The quantitative estimate of drug-likeness (QED) is 0.278. The Morgan fingerprint density at radius 2 is 1.85 bits per heavy atom. The fourth-order valence-electron chi connectivity index (χ4n) is 2.76. The van der Waals surface area contributed by atoms with Gasteiger partial charge in [-0.15, -0.1) is 0 Å². The van der Waals surface area contributed by atoms with Gasteiger partial charge in [-0.05, 0) is 50.1 Å². The fraction of sp³-hybridized carbons (Fsp3) is 0.375. The van der Waals surface area contributed by atoms with Gasteiger partial charge < -0.3 is 20.3 Å². The molecule has 0 heterocycles. The minimum atomic E-state index is -0.550. The largest absolute Gasteiger partial charge is 0.488 e. The van der Waals surface area contributed by atoms with Gasteiger partial charge in [-0.25, -0.2) is 14.2 Å². The lowest BCUT2D eigenvalue weighted by Gasteiger charge is -2.15. The van der Waals surface area contributed by atoms with Gasteiger partial charge in [0.2, 0.25) is 11.9 Å². The van der Waals surface area contributed by atoms with Gasteiger partial charge in [0, 0.05) is 44.7 Å². The van der Waals surface area contributed by atoms with Crippen molar-refractivity contribution >= 4 is 35.2 Å². The fourth-order valence-corrected chi connectivity index (χ4v) is 2.89. The highest BCUT2D eigenvalue weighted by Crippen LogP contribution is 2.24. The number of hydrogen-bond acceptors (Lipinski definition) is 4. The van der Waals surface area contributed by atoms with Crippen LogP contribution in [0.2, 0.25) is 5.02 Å². The lowest BCUT2D eigenvalue weighted by atomic mass is 10.2. The molecule has 0 aromatic heterocycles. The van der Waals surface area contributed by atoms with Crippen molar-refractivity contribution < 1.29 is 18.7 Å². The van der Waals surface area contributed by atoms with Crippen LogP contribution in [0.25, 0.3) is 0 Å². The van der Waals surface area contributed by atoms with E-state index in [0.717, 1.165) is 5.56 Å². The summed E-state index contributed by atoms with van der Waals surface area (Å²) in [5.41, 5.74) is 1.22. The second-order valence-electron chi connectivity index (χ2n) is 7.90. The maximum absolute atomic E-state index is 14.4. The standard InChI is InChI=1S/C24H31ClFN5O3/c1-16(2)34-22-11-10-20(14-21(22)26)29-23(28-15-18-6-8-19(25)9-7-18)30-24(33)27-12-5-13-31(4)17(3)32/h6-11,14,16H,5,12-13,15H2,1-4H3,(H3,27,28,29,30,33). The third-order valence-electron chi connectivity index (χ3n) is 4.62. The molecule has 0 spiro atoms. The number of guanidine groups is 1. The van der Waals surface area contributed by atoms with E-state index in [1.54, 1.807) is 30.1 Å². The van der Waals surface area contributed by atoms with Crippen LogP contribution in [0.4, 0.5) is 14.9 Å². The van der Waals surface area contributed by atoms with Crippen LogP contribution in [0.5, 0.6) is 5.75 Å². The van der Waals surface area contributed by atoms with Crippen LogP contribution in [0.3, 0.4) is 0 Å². The molecule has 0 atom stereocenters. The number of amides is 3. The van der Waals surface area contributed by atoms with Crippen LogP contribution in [-0.2, 0) is 11.3 Å². The summed E-state index contributed by atoms with van der Waals surface area (Å²) in [5.74, 6) is -0.315. The molecule has 3 N–H and O–H groups in total. The maximum atomic E-state index is 14.4. The summed E-state index contributed by atoms with van der Waals surface area (Å²) < 4.78 is 19.8. The Hall–Kier alpha value is -3.33. The number of nitrogens with one attached hydrogen (secondary N) is 3. The summed E-state index contributed by atoms with van der Waals surface area (Å²) in [5, 5.41) is 9.04. The van der Waals surface area contributed by atoms with Crippen LogP contribution in [0.15, 0.2) is 47.5 Å². The molecule has 0 aliphatic carbocycles. The molecule has 0 aliphatic rings. The molecular formula is C24H31ClFN5O3. The molecule has 0 fully saturated rings. The molecule has 0 unspecified atom stereocenters. The van der Waals surface area contributed by atoms with E-state index >= 15 is 0 Å². The number of nitrogens with zero attached hydrogens (tertiary/aromatic N) is 2. The highest BCUT2D eigenvalue weighted by Gasteiger charge is 2.10. The smallest absolute Gasteiger partial charge is 0.321 e. The first-order valence-corrected chi connectivity index (χ1v) is 11.3. The van der Waals surface area contributed by atoms with Crippen molar-refractivity contribution in [3.05, 3.63) is 58.9 Å². The summed E-state index contributed by atoms with van der Waals surface area (Å²) in [7, 11) is 1.70. The Labute approximate surface area is 204 Å². The first-order valence-electron chi connectivity index (χ1n) is 10.9. The van der Waals surface area contributed by atoms with Gasteiger partial charge in [-0.3, -0.25) is 10.1 Å². The van der Waals surface area contributed by atoms with Crippen molar-refractivity contribution in [3.8, 4) is 5.75 Å². The highest BCUT2D eigenvalue weighted by atomic mass is 35.5. The van der Waals surface area contributed by atoms with Crippen molar-refractivity contribution in [1.82, 2.24) is 20.9 Å². The SMILES string of the molecule is CC(=O)N(C)CCCNC(=O)N/C(=N\c1ccc(OC(C)C)c(F)c1)NCc1ccc(Cl)cc1. The highest BCUT2D eigenvalue weighted by molar-refractivity contribution is 6.30. The third-order valence-corrected chi connectivity index (χ3v) is 4.87. The van der Waals surface area contributed by atoms with Gasteiger partial charge in [-0.1, -0.05) is 23.7 Å². The first-order chi connectivity index (χ1) is 16.1. The van der Waals surface area contributed by atoms with Gasteiger partial charge in [0.1, 0.15) is 0 Å². The molecule has 8 nitrogen and oxygen atoms in total. The number of hydrogen-bond donors (Lipinski definition) is 3. The molecule has 10 heteroatoms. The molecule has 184 valence electrons. The molecule has 0 saturated carbocycles. The van der Waals surface area contributed by atoms with E-state index in [4.69, 9.17) is 16.3 Å². The Kier molecular flexibility index (Phi) is 10.6. The Bertz CT molecular complexity index is 999. The number of rotatable bonds is 9. The average molecular weight is 492 g/mol. The van der Waals surface area contributed by atoms with Crippen LogP contribution in [0.1, 0.15) is 32.8 Å². The van der Waals surface area contributed by atoms with Crippen molar-refractivity contribution in [1.29, 1.82) is 0 Å².